The van der Waals surface area contributed by atoms with Crippen LogP contribution in [0.15, 0.2) is 0 Å². The minimum Gasteiger partial charge on any atom is -0.338 e. The van der Waals surface area contributed by atoms with Crippen LogP contribution in [0.4, 0.5) is 4.79 Å². The Morgan fingerprint density at radius 1 is 1.05 bits per heavy atom. The fraction of sp³-hybridized carbons (Fsp3) is 0.933. The molecule has 2 aliphatic rings. The average Bonchev–Trinajstić information content (AvgIpc) is 2.39. The van der Waals surface area contributed by atoms with Crippen molar-refractivity contribution >= 4 is 15.9 Å². The predicted octanol–water partition coefficient (Wildman–Crippen LogP) is 2.08. The monoisotopic (exact) mass is 316 g/mol. The highest BCUT2D eigenvalue weighted by atomic mass is 32.2. The van der Waals surface area contributed by atoms with E-state index >= 15 is 0 Å². The van der Waals surface area contributed by atoms with Crippen molar-refractivity contribution < 1.29 is 13.2 Å². The lowest BCUT2D eigenvalue weighted by molar-refractivity contribution is 0.225. The Morgan fingerprint density at radius 3 is 2.29 bits per heavy atom. The van der Waals surface area contributed by atoms with E-state index in [0.717, 1.165) is 25.2 Å². The molecule has 0 radical (unpaired) electrons. The largest absolute Gasteiger partial charge is 0.338 e. The van der Waals surface area contributed by atoms with Gasteiger partial charge in [-0.3, -0.25) is 0 Å². The molecule has 122 valence electrons. The van der Waals surface area contributed by atoms with Crippen molar-refractivity contribution in [2.24, 2.45) is 11.8 Å². The molecule has 0 atom stereocenters. The maximum Gasteiger partial charge on any atom is 0.315 e. The zero-order chi connectivity index (χ0) is 15.3. The molecular weight excluding hydrogens is 288 g/mol. The van der Waals surface area contributed by atoms with Crippen LogP contribution in [0.5, 0.6) is 0 Å². The van der Waals surface area contributed by atoms with E-state index in [2.05, 4.69) is 17.6 Å². The summed E-state index contributed by atoms with van der Waals surface area (Å²) in [6.45, 7) is 2.79. The van der Waals surface area contributed by atoms with Crippen LogP contribution in [-0.4, -0.2) is 38.5 Å². The highest BCUT2D eigenvalue weighted by Gasteiger charge is 2.32. The highest BCUT2D eigenvalue weighted by molar-refractivity contribution is 7.92. The fourth-order valence-corrected chi connectivity index (χ4v) is 5.14. The van der Waals surface area contributed by atoms with E-state index in [9.17, 15) is 13.2 Å². The molecule has 1 heterocycles. The molecule has 1 saturated carbocycles. The van der Waals surface area contributed by atoms with E-state index in [0.29, 0.717) is 12.6 Å². The summed E-state index contributed by atoms with van der Waals surface area (Å²) in [4.78, 5) is 11.8. The number of carbonyl (C=O) groups is 1. The predicted molar refractivity (Wildman–Crippen MR) is 83.9 cm³/mol. The van der Waals surface area contributed by atoms with Crippen molar-refractivity contribution in [2.75, 3.05) is 18.1 Å². The molecule has 0 aromatic carbocycles. The van der Waals surface area contributed by atoms with Gasteiger partial charge in [0.2, 0.25) is 0 Å². The molecule has 0 unspecified atom stereocenters. The Labute approximate surface area is 128 Å². The summed E-state index contributed by atoms with van der Waals surface area (Å²) in [7, 11) is -2.74. The third-order valence-electron chi connectivity index (χ3n) is 4.70. The van der Waals surface area contributed by atoms with Crippen molar-refractivity contribution in [1.82, 2.24) is 10.6 Å². The standard InChI is InChI=1S/C15H28N2O3S/c1-2-3-12-4-6-14(7-5-12)17-15(18)16-9-8-13-10-21(19,20)11-13/h12-14H,2-11H2,1H3,(H2,16,17,18). The van der Waals surface area contributed by atoms with Crippen LogP contribution >= 0.6 is 0 Å². The minimum absolute atomic E-state index is 0.101. The number of amides is 2. The van der Waals surface area contributed by atoms with Crippen molar-refractivity contribution in [1.29, 1.82) is 0 Å². The van der Waals surface area contributed by atoms with Crippen molar-refractivity contribution in [3.05, 3.63) is 0 Å². The number of rotatable bonds is 6. The van der Waals surface area contributed by atoms with E-state index < -0.39 is 9.84 Å². The number of carbonyl (C=O) groups excluding carboxylic acids is 1. The van der Waals surface area contributed by atoms with Crippen LogP contribution in [0.3, 0.4) is 0 Å². The molecule has 6 heteroatoms. The molecule has 1 aliphatic carbocycles. The highest BCUT2D eigenvalue weighted by Crippen LogP contribution is 2.27. The van der Waals surface area contributed by atoms with Gasteiger partial charge in [-0.2, -0.15) is 0 Å². The Hall–Kier alpha value is -0.780. The molecule has 2 rings (SSSR count). The molecule has 0 aromatic heterocycles. The quantitative estimate of drug-likeness (QED) is 0.788. The van der Waals surface area contributed by atoms with Gasteiger partial charge < -0.3 is 10.6 Å². The first-order valence-electron chi connectivity index (χ1n) is 8.23. The van der Waals surface area contributed by atoms with Crippen LogP contribution < -0.4 is 10.6 Å². The van der Waals surface area contributed by atoms with Gasteiger partial charge in [0.1, 0.15) is 0 Å². The zero-order valence-electron chi connectivity index (χ0n) is 12.9. The Balaban J connectivity index is 1.54. The smallest absolute Gasteiger partial charge is 0.315 e. The molecule has 0 spiro atoms. The maximum absolute atomic E-state index is 11.8. The third-order valence-corrected chi connectivity index (χ3v) is 6.65. The van der Waals surface area contributed by atoms with Gasteiger partial charge in [0.15, 0.2) is 9.84 Å². The van der Waals surface area contributed by atoms with Gasteiger partial charge in [-0.25, -0.2) is 13.2 Å². The molecule has 5 nitrogen and oxygen atoms in total. The zero-order valence-corrected chi connectivity index (χ0v) is 13.8. The molecule has 2 N–H and O–H groups in total. The lowest BCUT2D eigenvalue weighted by Gasteiger charge is -2.29. The average molecular weight is 316 g/mol. The molecule has 2 amide bonds. The summed E-state index contributed by atoms with van der Waals surface area (Å²) in [5.74, 6) is 1.66. The first-order valence-corrected chi connectivity index (χ1v) is 10.1. The first kappa shape index (κ1) is 16.6. The first-order chi connectivity index (χ1) is 9.98. The molecule has 1 saturated heterocycles. The lowest BCUT2D eigenvalue weighted by atomic mass is 9.83. The third kappa shape index (κ3) is 5.49. The number of hydrogen-bond acceptors (Lipinski definition) is 3. The SMILES string of the molecule is CCCC1CCC(NC(=O)NCCC2CS(=O)(=O)C2)CC1. The van der Waals surface area contributed by atoms with Gasteiger partial charge in [-0.1, -0.05) is 19.8 Å². The van der Waals surface area contributed by atoms with Gasteiger partial charge in [-0.15, -0.1) is 0 Å². The number of nitrogens with one attached hydrogen (secondary N) is 2. The summed E-state index contributed by atoms with van der Waals surface area (Å²) in [6.07, 6.45) is 7.93. The van der Waals surface area contributed by atoms with Crippen molar-refractivity contribution in [2.45, 2.75) is 57.9 Å². The van der Waals surface area contributed by atoms with Gasteiger partial charge in [0, 0.05) is 12.6 Å². The minimum atomic E-state index is -2.74. The number of sulfone groups is 1. The van der Waals surface area contributed by atoms with E-state index in [4.69, 9.17) is 0 Å². The Kier molecular flexibility index (Phi) is 5.90. The molecule has 2 fully saturated rings. The van der Waals surface area contributed by atoms with E-state index in [1.807, 2.05) is 0 Å². The molecular formula is C15H28N2O3S. The lowest BCUT2D eigenvalue weighted by Crippen LogP contribution is -2.45. The molecule has 1 aliphatic heterocycles. The summed E-state index contributed by atoms with van der Waals surface area (Å²) in [5, 5.41) is 5.89. The normalized spacial score (nSPS) is 28.6. The summed E-state index contributed by atoms with van der Waals surface area (Å²) >= 11 is 0. The van der Waals surface area contributed by atoms with Gasteiger partial charge in [-0.05, 0) is 43.9 Å². The van der Waals surface area contributed by atoms with Crippen LogP contribution in [0.1, 0.15) is 51.9 Å². The topological polar surface area (TPSA) is 75.3 Å². The van der Waals surface area contributed by atoms with Gasteiger partial charge in [0.25, 0.3) is 0 Å². The van der Waals surface area contributed by atoms with E-state index in [1.54, 1.807) is 0 Å². The Morgan fingerprint density at radius 2 is 1.71 bits per heavy atom. The fourth-order valence-electron chi connectivity index (χ4n) is 3.47. The van der Waals surface area contributed by atoms with E-state index in [1.165, 1.54) is 25.7 Å². The van der Waals surface area contributed by atoms with Crippen LogP contribution in [-0.2, 0) is 9.84 Å². The van der Waals surface area contributed by atoms with Crippen LogP contribution in [0.25, 0.3) is 0 Å². The molecule has 0 aromatic rings. The second-order valence-corrected chi connectivity index (χ2v) is 8.79. The summed E-state index contributed by atoms with van der Waals surface area (Å²) in [5.41, 5.74) is 0. The number of hydrogen-bond donors (Lipinski definition) is 2. The summed E-state index contributed by atoms with van der Waals surface area (Å²) in [6, 6.07) is 0.207. The van der Waals surface area contributed by atoms with Crippen molar-refractivity contribution in [3.8, 4) is 0 Å². The van der Waals surface area contributed by atoms with Crippen LogP contribution in [0, 0.1) is 11.8 Å². The van der Waals surface area contributed by atoms with Gasteiger partial charge in [0.05, 0.1) is 11.5 Å². The van der Waals surface area contributed by atoms with Crippen LogP contribution in [0.2, 0.25) is 0 Å². The second-order valence-electron chi connectivity index (χ2n) is 6.64. The van der Waals surface area contributed by atoms with Crippen molar-refractivity contribution in [3.63, 3.8) is 0 Å². The maximum atomic E-state index is 11.8. The number of urea groups is 1. The summed E-state index contributed by atoms with van der Waals surface area (Å²) < 4.78 is 22.1. The van der Waals surface area contributed by atoms with Gasteiger partial charge >= 0.3 is 6.03 Å². The molecule has 21 heavy (non-hydrogen) atoms. The second kappa shape index (κ2) is 7.47. The Bertz CT molecular complexity index is 430. The molecule has 0 bridgehead atoms. The van der Waals surface area contributed by atoms with E-state index in [-0.39, 0.29) is 23.5 Å².